The second-order valence-electron chi connectivity index (χ2n) is 5.19. The van der Waals surface area contributed by atoms with Crippen molar-refractivity contribution in [1.82, 2.24) is 4.98 Å². The molecule has 0 radical (unpaired) electrons. The summed E-state index contributed by atoms with van der Waals surface area (Å²) in [5, 5.41) is 0. The quantitative estimate of drug-likeness (QED) is 0.644. The van der Waals surface area contributed by atoms with Crippen LogP contribution in [0.15, 0.2) is 79.0 Å². The number of rotatable bonds is 6. The van der Waals surface area contributed by atoms with Gasteiger partial charge in [0.15, 0.2) is 11.4 Å². The van der Waals surface area contributed by atoms with Crippen molar-refractivity contribution >= 4 is 5.97 Å². The van der Waals surface area contributed by atoms with Crippen LogP contribution in [0.4, 0.5) is 0 Å². The standard InChI is InChI=1S/C20H17NO3/c22-20(24-15-17-10-5-2-6-11-17)19-18(12-7-13-21-19)23-14-16-8-3-1-4-9-16/h1-13H,14-15H2. The van der Waals surface area contributed by atoms with Crippen molar-refractivity contribution in [2.24, 2.45) is 0 Å². The van der Waals surface area contributed by atoms with Gasteiger partial charge >= 0.3 is 5.97 Å². The highest BCUT2D eigenvalue weighted by Crippen LogP contribution is 2.18. The molecular weight excluding hydrogens is 302 g/mol. The van der Waals surface area contributed by atoms with Crippen LogP contribution in [0.25, 0.3) is 0 Å². The smallest absolute Gasteiger partial charge is 0.361 e. The van der Waals surface area contributed by atoms with Gasteiger partial charge in [-0.05, 0) is 23.3 Å². The summed E-state index contributed by atoms with van der Waals surface area (Å²) >= 11 is 0. The van der Waals surface area contributed by atoms with Crippen LogP contribution in [-0.4, -0.2) is 11.0 Å². The van der Waals surface area contributed by atoms with Gasteiger partial charge in [-0.3, -0.25) is 0 Å². The molecule has 0 fully saturated rings. The summed E-state index contributed by atoms with van der Waals surface area (Å²) in [6, 6.07) is 22.7. The molecule has 120 valence electrons. The predicted molar refractivity (Wildman–Crippen MR) is 90.6 cm³/mol. The third-order valence-electron chi connectivity index (χ3n) is 3.41. The number of aromatic nitrogens is 1. The second-order valence-corrected chi connectivity index (χ2v) is 5.19. The highest BCUT2D eigenvalue weighted by molar-refractivity contribution is 5.90. The zero-order valence-electron chi connectivity index (χ0n) is 13.1. The Labute approximate surface area is 140 Å². The molecular formula is C20H17NO3. The number of benzene rings is 2. The maximum Gasteiger partial charge on any atom is 0.361 e. The van der Waals surface area contributed by atoms with E-state index in [-0.39, 0.29) is 12.3 Å². The van der Waals surface area contributed by atoms with Gasteiger partial charge in [-0.1, -0.05) is 60.7 Å². The fourth-order valence-electron chi connectivity index (χ4n) is 2.19. The van der Waals surface area contributed by atoms with Crippen LogP contribution in [0.2, 0.25) is 0 Å². The van der Waals surface area contributed by atoms with Crippen molar-refractivity contribution in [1.29, 1.82) is 0 Å². The molecule has 0 bridgehead atoms. The Balaban J connectivity index is 1.65. The molecule has 0 aliphatic carbocycles. The predicted octanol–water partition coefficient (Wildman–Crippen LogP) is 4.02. The summed E-state index contributed by atoms with van der Waals surface area (Å²) in [5.74, 6) is -0.0815. The number of nitrogens with zero attached hydrogens (tertiary/aromatic N) is 1. The van der Waals surface area contributed by atoms with Crippen LogP contribution in [-0.2, 0) is 18.0 Å². The van der Waals surface area contributed by atoms with Gasteiger partial charge in [-0.2, -0.15) is 0 Å². The number of hydrogen-bond donors (Lipinski definition) is 0. The van der Waals surface area contributed by atoms with Gasteiger partial charge < -0.3 is 9.47 Å². The van der Waals surface area contributed by atoms with Crippen LogP contribution in [0, 0.1) is 0 Å². The first-order valence-electron chi connectivity index (χ1n) is 7.66. The van der Waals surface area contributed by atoms with Crippen LogP contribution in [0.1, 0.15) is 21.6 Å². The molecule has 0 spiro atoms. The number of ether oxygens (including phenoxy) is 2. The monoisotopic (exact) mass is 319 g/mol. The molecule has 3 aromatic rings. The van der Waals surface area contributed by atoms with Gasteiger partial charge in [0.25, 0.3) is 0 Å². The molecule has 1 aromatic heterocycles. The molecule has 0 aliphatic rings. The first-order valence-corrected chi connectivity index (χ1v) is 7.66. The molecule has 4 nitrogen and oxygen atoms in total. The summed E-state index contributed by atoms with van der Waals surface area (Å²) in [7, 11) is 0. The van der Waals surface area contributed by atoms with Gasteiger partial charge in [0, 0.05) is 6.20 Å². The van der Waals surface area contributed by atoms with Crippen molar-refractivity contribution in [3.63, 3.8) is 0 Å². The highest BCUT2D eigenvalue weighted by atomic mass is 16.5. The lowest BCUT2D eigenvalue weighted by Crippen LogP contribution is -2.10. The first-order chi connectivity index (χ1) is 11.8. The minimum Gasteiger partial charge on any atom is -0.486 e. The highest BCUT2D eigenvalue weighted by Gasteiger charge is 2.15. The molecule has 1 heterocycles. The second kappa shape index (κ2) is 7.92. The van der Waals surface area contributed by atoms with E-state index >= 15 is 0 Å². The maximum atomic E-state index is 12.3. The lowest BCUT2D eigenvalue weighted by atomic mass is 10.2. The average molecular weight is 319 g/mol. The summed E-state index contributed by atoms with van der Waals surface area (Å²) < 4.78 is 11.1. The largest absolute Gasteiger partial charge is 0.486 e. The van der Waals surface area contributed by atoms with Crippen molar-refractivity contribution in [3.05, 3.63) is 95.8 Å². The Kier molecular flexibility index (Phi) is 5.20. The summed E-state index contributed by atoms with van der Waals surface area (Å²) in [6.45, 7) is 0.569. The van der Waals surface area contributed by atoms with Crippen LogP contribution < -0.4 is 4.74 Å². The average Bonchev–Trinajstić information content (AvgIpc) is 2.66. The number of esters is 1. The number of hydrogen-bond acceptors (Lipinski definition) is 4. The van der Waals surface area contributed by atoms with E-state index in [4.69, 9.17) is 9.47 Å². The molecule has 0 aliphatic heterocycles. The zero-order valence-corrected chi connectivity index (χ0v) is 13.1. The molecule has 0 saturated carbocycles. The van der Waals surface area contributed by atoms with Gasteiger partial charge in [0.05, 0.1) is 0 Å². The zero-order chi connectivity index (χ0) is 16.6. The molecule has 4 heteroatoms. The van der Waals surface area contributed by atoms with E-state index in [2.05, 4.69) is 4.98 Å². The van der Waals surface area contributed by atoms with E-state index < -0.39 is 5.97 Å². The molecule has 0 amide bonds. The maximum absolute atomic E-state index is 12.3. The normalized spacial score (nSPS) is 10.2. The Bertz CT molecular complexity index is 788. The van der Waals surface area contributed by atoms with Gasteiger partial charge in [0.1, 0.15) is 13.2 Å². The van der Waals surface area contributed by atoms with Crippen LogP contribution in [0.5, 0.6) is 5.75 Å². The summed E-state index contributed by atoms with van der Waals surface area (Å²) in [4.78, 5) is 16.4. The lowest BCUT2D eigenvalue weighted by Gasteiger charge is -2.10. The van der Waals surface area contributed by atoms with E-state index in [1.807, 2.05) is 60.7 Å². The van der Waals surface area contributed by atoms with Crippen LogP contribution in [0.3, 0.4) is 0 Å². The van der Waals surface area contributed by atoms with Crippen LogP contribution >= 0.6 is 0 Å². The molecule has 2 aromatic carbocycles. The minimum absolute atomic E-state index is 0.185. The summed E-state index contributed by atoms with van der Waals surface area (Å²) in [5.41, 5.74) is 2.13. The fourth-order valence-corrected chi connectivity index (χ4v) is 2.19. The number of carbonyl (C=O) groups excluding carboxylic acids is 1. The Hall–Kier alpha value is -3.14. The first kappa shape index (κ1) is 15.7. The topological polar surface area (TPSA) is 48.4 Å². The number of pyridine rings is 1. The SMILES string of the molecule is O=C(OCc1ccccc1)c1ncccc1OCc1ccccc1. The minimum atomic E-state index is -0.498. The van der Waals surface area contributed by atoms with Gasteiger partial charge in [-0.25, -0.2) is 9.78 Å². The van der Waals surface area contributed by atoms with E-state index in [1.165, 1.54) is 0 Å². The van der Waals surface area contributed by atoms with Gasteiger partial charge in [0.2, 0.25) is 0 Å². The van der Waals surface area contributed by atoms with Gasteiger partial charge in [-0.15, -0.1) is 0 Å². The van der Waals surface area contributed by atoms with Crippen molar-refractivity contribution in [2.45, 2.75) is 13.2 Å². The Morgan fingerprint density at radius 3 is 2.08 bits per heavy atom. The van der Waals surface area contributed by atoms with E-state index in [0.29, 0.717) is 12.4 Å². The van der Waals surface area contributed by atoms with Crippen molar-refractivity contribution in [3.8, 4) is 5.75 Å². The summed E-state index contributed by atoms with van der Waals surface area (Å²) in [6.07, 6.45) is 1.55. The van der Waals surface area contributed by atoms with E-state index in [1.54, 1.807) is 18.3 Å². The molecule has 0 saturated heterocycles. The molecule has 0 unspecified atom stereocenters. The van der Waals surface area contributed by atoms with Crippen molar-refractivity contribution in [2.75, 3.05) is 0 Å². The molecule has 0 N–H and O–H groups in total. The molecule has 3 rings (SSSR count). The third-order valence-corrected chi connectivity index (χ3v) is 3.41. The fraction of sp³-hybridized carbons (Fsp3) is 0.100. The lowest BCUT2D eigenvalue weighted by molar-refractivity contribution is 0.0460. The van der Waals surface area contributed by atoms with E-state index in [9.17, 15) is 4.79 Å². The molecule has 0 atom stereocenters. The molecule has 24 heavy (non-hydrogen) atoms. The van der Waals surface area contributed by atoms with E-state index in [0.717, 1.165) is 11.1 Å². The Morgan fingerprint density at radius 2 is 1.42 bits per heavy atom. The third kappa shape index (κ3) is 4.20. The number of carbonyl (C=O) groups is 1. The Morgan fingerprint density at radius 1 is 0.792 bits per heavy atom. The van der Waals surface area contributed by atoms with Crippen molar-refractivity contribution < 1.29 is 14.3 Å².